The zero-order valence-corrected chi connectivity index (χ0v) is 20.2. The number of anilines is 1. The molecule has 1 heterocycles. The van der Waals surface area contributed by atoms with E-state index < -0.39 is 0 Å². The van der Waals surface area contributed by atoms with Crippen LogP contribution in [0.2, 0.25) is 5.02 Å². The van der Waals surface area contributed by atoms with Crippen molar-refractivity contribution in [2.45, 2.75) is 6.92 Å². The van der Waals surface area contributed by atoms with Gasteiger partial charge in [-0.05, 0) is 89.8 Å². The van der Waals surface area contributed by atoms with Gasteiger partial charge < -0.3 is 5.32 Å². The summed E-state index contributed by atoms with van der Waals surface area (Å²) in [6.07, 6.45) is 0. The van der Waals surface area contributed by atoms with Crippen molar-refractivity contribution in [2.24, 2.45) is 0 Å². The highest BCUT2D eigenvalue weighted by atomic mass is 127. The molecule has 4 aromatic rings. The van der Waals surface area contributed by atoms with Crippen LogP contribution in [0.15, 0.2) is 72.8 Å². The quantitative estimate of drug-likeness (QED) is 0.220. The number of benzene rings is 3. The van der Waals surface area contributed by atoms with Gasteiger partial charge in [0, 0.05) is 25.2 Å². The molecule has 0 aliphatic carbocycles. The Morgan fingerprint density at radius 2 is 1.77 bits per heavy atom. The van der Waals surface area contributed by atoms with E-state index >= 15 is 0 Å². The van der Waals surface area contributed by atoms with Crippen molar-refractivity contribution < 1.29 is 4.79 Å². The zero-order chi connectivity index (χ0) is 22.0. The molecule has 2 N–H and O–H groups in total. The molecule has 4 rings (SSSR count). The number of fused-ring (bicyclic) bond motifs is 1. The lowest BCUT2D eigenvalue weighted by Gasteiger charge is -2.14. The molecular formula is C24H17ClIN3OS. The Hall–Kier alpha value is -2.55. The first kappa shape index (κ1) is 21.7. The number of halogens is 2. The van der Waals surface area contributed by atoms with Crippen LogP contribution in [0.4, 0.5) is 5.69 Å². The van der Waals surface area contributed by atoms with Gasteiger partial charge in [-0.3, -0.25) is 10.1 Å². The first-order valence-corrected chi connectivity index (χ1v) is 11.3. The number of hydrogen-bond acceptors (Lipinski definition) is 3. The molecule has 0 saturated carbocycles. The van der Waals surface area contributed by atoms with Gasteiger partial charge >= 0.3 is 0 Å². The highest BCUT2D eigenvalue weighted by Gasteiger charge is 2.15. The first-order chi connectivity index (χ1) is 14.9. The van der Waals surface area contributed by atoms with Crippen LogP contribution < -0.4 is 10.6 Å². The largest absolute Gasteiger partial charge is 0.332 e. The number of thiocarbonyl (C=S) groups is 1. The number of nitrogens with one attached hydrogen (secondary N) is 2. The molecule has 0 aliphatic rings. The third kappa shape index (κ3) is 5.03. The fourth-order valence-corrected chi connectivity index (χ4v) is 4.20. The second-order valence-electron chi connectivity index (χ2n) is 6.95. The van der Waals surface area contributed by atoms with Crippen LogP contribution in [0.1, 0.15) is 15.9 Å². The molecule has 0 fully saturated rings. The first-order valence-electron chi connectivity index (χ1n) is 9.45. The lowest BCUT2D eigenvalue weighted by molar-refractivity contribution is 0.0979. The number of amides is 1. The Balaban J connectivity index is 1.65. The Bertz CT molecular complexity index is 1310. The molecule has 0 unspecified atom stereocenters. The fourth-order valence-electron chi connectivity index (χ4n) is 3.22. The molecule has 3 aromatic carbocycles. The number of hydrogen-bond donors (Lipinski definition) is 2. The number of carbonyl (C=O) groups excluding carboxylic acids is 1. The van der Waals surface area contributed by atoms with Crippen LogP contribution in [0.3, 0.4) is 0 Å². The summed E-state index contributed by atoms with van der Waals surface area (Å²) in [5.41, 5.74) is 4.69. The van der Waals surface area contributed by atoms with E-state index in [2.05, 4.69) is 33.2 Å². The van der Waals surface area contributed by atoms with Gasteiger partial charge in [-0.1, -0.05) is 41.9 Å². The van der Waals surface area contributed by atoms with Crippen molar-refractivity contribution in [3.8, 4) is 11.3 Å². The third-order valence-electron chi connectivity index (χ3n) is 4.76. The number of pyridine rings is 1. The molecule has 0 spiro atoms. The molecule has 4 nitrogen and oxygen atoms in total. The SMILES string of the molecule is Cc1cc(I)ccc1NC(=S)NC(=O)c1cc(-c2ccc(Cl)cc2)nc2ccccc12. The summed E-state index contributed by atoms with van der Waals surface area (Å²) in [6, 6.07) is 22.7. The number of aromatic nitrogens is 1. The minimum absolute atomic E-state index is 0.239. The standard InChI is InChI=1S/C24H17ClIN3OS/c1-14-12-17(26)10-11-20(14)28-24(31)29-23(30)19-13-22(15-6-8-16(25)9-7-15)27-21-5-3-2-4-18(19)21/h2-13H,1H3,(H2,28,29,30,31). The normalized spacial score (nSPS) is 10.7. The van der Waals surface area contributed by atoms with Gasteiger partial charge in [0.1, 0.15) is 0 Å². The van der Waals surface area contributed by atoms with Crippen LogP contribution in [-0.4, -0.2) is 16.0 Å². The van der Waals surface area contributed by atoms with Crippen molar-refractivity contribution in [3.05, 3.63) is 92.5 Å². The smallest absolute Gasteiger partial charge is 0.258 e. The van der Waals surface area contributed by atoms with Crippen molar-refractivity contribution in [3.63, 3.8) is 0 Å². The highest BCUT2D eigenvalue weighted by Crippen LogP contribution is 2.26. The average Bonchev–Trinajstić information content (AvgIpc) is 2.75. The molecule has 0 aliphatic heterocycles. The van der Waals surface area contributed by atoms with Crippen molar-refractivity contribution in [1.82, 2.24) is 10.3 Å². The van der Waals surface area contributed by atoms with Crippen LogP contribution in [0.25, 0.3) is 22.2 Å². The van der Waals surface area contributed by atoms with Gasteiger partial charge in [-0.25, -0.2) is 4.98 Å². The minimum atomic E-state index is -0.297. The Morgan fingerprint density at radius 1 is 1.03 bits per heavy atom. The van der Waals surface area contributed by atoms with Gasteiger partial charge in [0.05, 0.1) is 16.8 Å². The maximum atomic E-state index is 13.1. The van der Waals surface area contributed by atoms with Gasteiger partial charge in [0.2, 0.25) is 0 Å². The van der Waals surface area contributed by atoms with Crippen LogP contribution in [0.5, 0.6) is 0 Å². The predicted octanol–water partition coefficient (Wildman–Crippen LogP) is 6.60. The summed E-state index contributed by atoms with van der Waals surface area (Å²) in [5.74, 6) is -0.297. The Morgan fingerprint density at radius 3 is 2.52 bits per heavy atom. The van der Waals surface area contributed by atoms with Gasteiger partial charge in [0.15, 0.2) is 5.11 Å². The minimum Gasteiger partial charge on any atom is -0.332 e. The second-order valence-corrected chi connectivity index (χ2v) is 9.04. The molecule has 31 heavy (non-hydrogen) atoms. The van der Waals surface area contributed by atoms with Crippen LogP contribution >= 0.6 is 46.4 Å². The van der Waals surface area contributed by atoms with Gasteiger partial charge in [-0.2, -0.15) is 0 Å². The van der Waals surface area contributed by atoms with Crippen LogP contribution in [-0.2, 0) is 0 Å². The van der Waals surface area contributed by atoms with Gasteiger partial charge in [0.25, 0.3) is 5.91 Å². The van der Waals surface area contributed by atoms with E-state index in [1.807, 2.05) is 61.5 Å². The monoisotopic (exact) mass is 557 g/mol. The van der Waals surface area contributed by atoms with E-state index in [1.54, 1.807) is 18.2 Å². The molecule has 0 bridgehead atoms. The van der Waals surface area contributed by atoms with E-state index in [0.29, 0.717) is 16.3 Å². The molecule has 0 saturated heterocycles. The van der Waals surface area contributed by atoms with E-state index in [4.69, 9.17) is 28.8 Å². The molecule has 0 atom stereocenters. The lowest BCUT2D eigenvalue weighted by Crippen LogP contribution is -2.34. The summed E-state index contributed by atoms with van der Waals surface area (Å²) in [5, 5.41) is 7.54. The van der Waals surface area contributed by atoms with Crippen molar-refractivity contribution in [1.29, 1.82) is 0 Å². The number of rotatable bonds is 3. The van der Waals surface area contributed by atoms with E-state index in [-0.39, 0.29) is 11.0 Å². The molecule has 154 valence electrons. The Labute approximate surface area is 204 Å². The molecular weight excluding hydrogens is 541 g/mol. The van der Waals surface area contributed by atoms with E-state index in [9.17, 15) is 4.79 Å². The summed E-state index contributed by atoms with van der Waals surface area (Å²) in [4.78, 5) is 17.9. The number of carbonyl (C=O) groups is 1. The number of para-hydroxylation sites is 1. The third-order valence-corrected chi connectivity index (χ3v) is 5.89. The number of aryl methyl sites for hydroxylation is 1. The zero-order valence-electron chi connectivity index (χ0n) is 16.4. The number of nitrogens with zero attached hydrogens (tertiary/aromatic N) is 1. The molecule has 1 amide bonds. The highest BCUT2D eigenvalue weighted by molar-refractivity contribution is 14.1. The van der Waals surface area contributed by atoms with E-state index in [1.165, 1.54) is 0 Å². The maximum Gasteiger partial charge on any atom is 0.258 e. The van der Waals surface area contributed by atoms with Gasteiger partial charge in [-0.15, -0.1) is 0 Å². The molecule has 7 heteroatoms. The summed E-state index contributed by atoms with van der Waals surface area (Å²) in [6.45, 7) is 1.99. The van der Waals surface area contributed by atoms with Crippen molar-refractivity contribution >= 4 is 74.0 Å². The Kier molecular flexibility index (Phi) is 6.50. The topological polar surface area (TPSA) is 54.0 Å². The molecule has 1 aromatic heterocycles. The second kappa shape index (κ2) is 9.30. The summed E-state index contributed by atoms with van der Waals surface area (Å²) < 4.78 is 1.13. The lowest BCUT2D eigenvalue weighted by atomic mass is 10.0. The molecule has 0 radical (unpaired) electrons. The van der Waals surface area contributed by atoms with Crippen LogP contribution in [0, 0.1) is 10.5 Å². The summed E-state index contributed by atoms with van der Waals surface area (Å²) >= 11 is 13.7. The fraction of sp³-hybridized carbons (Fsp3) is 0.0417. The maximum absolute atomic E-state index is 13.1. The van der Waals surface area contributed by atoms with Crippen molar-refractivity contribution in [2.75, 3.05) is 5.32 Å². The van der Waals surface area contributed by atoms with E-state index in [0.717, 1.165) is 31.3 Å². The average molecular weight is 558 g/mol. The summed E-state index contributed by atoms with van der Waals surface area (Å²) in [7, 11) is 0. The predicted molar refractivity (Wildman–Crippen MR) is 140 cm³/mol.